The van der Waals surface area contributed by atoms with Crippen LogP contribution in [-0.4, -0.2) is 43.2 Å². The summed E-state index contributed by atoms with van der Waals surface area (Å²) in [6.07, 6.45) is -4.98. The smallest absolute Gasteiger partial charge is 0.481 e. The van der Waals surface area contributed by atoms with Crippen molar-refractivity contribution in [1.82, 2.24) is 10.6 Å². The highest BCUT2D eigenvalue weighted by Crippen LogP contribution is 2.14. The normalized spacial score (nSPS) is 10.9. The predicted octanol–water partition coefficient (Wildman–Crippen LogP) is 0.297. The van der Waals surface area contributed by atoms with E-state index < -0.39 is 25.0 Å². The monoisotopic (exact) mass is 244 g/mol. The van der Waals surface area contributed by atoms with Crippen molar-refractivity contribution in [2.75, 3.05) is 19.7 Å². The van der Waals surface area contributed by atoms with Crippen molar-refractivity contribution in [3.05, 3.63) is 0 Å². The topological polar surface area (TPSA) is 87.7 Å². The second-order valence-electron chi connectivity index (χ2n) is 2.62. The average molecular weight is 244 g/mol. The lowest BCUT2D eigenvalue weighted by atomic mass is 10.4. The zero-order chi connectivity index (χ0) is 12.6. The summed E-state index contributed by atoms with van der Waals surface area (Å²) in [6.45, 7) is -1.12. The number of urea groups is 1. The number of alkyl halides is 3. The number of hydrogen-bond acceptors (Lipinski definition) is 3. The minimum atomic E-state index is -4.72. The molecule has 0 aliphatic carbocycles. The van der Waals surface area contributed by atoms with Gasteiger partial charge in [-0.3, -0.25) is 9.53 Å². The van der Waals surface area contributed by atoms with E-state index in [1.165, 1.54) is 0 Å². The molecule has 0 saturated heterocycles. The number of halogens is 3. The Labute approximate surface area is 88.8 Å². The van der Waals surface area contributed by atoms with Gasteiger partial charge in [-0.1, -0.05) is 0 Å². The van der Waals surface area contributed by atoms with Crippen LogP contribution in [-0.2, 0) is 9.53 Å². The van der Waals surface area contributed by atoms with Crippen LogP contribution in [0.4, 0.5) is 18.0 Å². The average Bonchev–Trinajstić information content (AvgIpc) is 2.10. The molecular formula is C7H11F3N2O4. The van der Waals surface area contributed by atoms with E-state index in [0.29, 0.717) is 0 Å². The van der Waals surface area contributed by atoms with Gasteiger partial charge in [0.25, 0.3) is 0 Å². The van der Waals surface area contributed by atoms with Crippen LogP contribution in [0.1, 0.15) is 6.42 Å². The van der Waals surface area contributed by atoms with Crippen LogP contribution in [0.2, 0.25) is 0 Å². The van der Waals surface area contributed by atoms with Gasteiger partial charge in [0.15, 0.2) is 0 Å². The van der Waals surface area contributed by atoms with Crippen LogP contribution in [0.3, 0.4) is 0 Å². The first-order valence-corrected chi connectivity index (χ1v) is 4.25. The summed E-state index contributed by atoms with van der Waals surface area (Å²) in [5, 5.41) is 12.4. The fraction of sp³-hybridized carbons (Fsp3) is 0.714. The van der Waals surface area contributed by atoms with E-state index in [-0.39, 0.29) is 19.5 Å². The molecule has 0 aromatic carbocycles. The van der Waals surface area contributed by atoms with Gasteiger partial charge in [0.1, 0.15) is 0 Å². The van der Waals surface area contributed by atoms with Gasteiger partial charge in [-0.05, 0) is 0 Å². The van der Waals surface area contributed by atoms with E-state index in [9.17, 15) is 22.8 Å². The number of carbonyl (C=O) groups is 2. The molecule has 0 fully saturated rings. The highest BCUT2D eigenvalue weighted by Gasteiger charge is 2.28. The molecule has 0 aliphatic heterocycles. The Morgan fingerprint density at radius 3 is 2.25 bits per heavy atom. The van der Waals surface area contributed by atoms with Crippen molar-refractivity contribution < 1.29 is 32.6 Å². The zero-order valence-corrected chi connectivity index (χ0v) is 8.13. The first kappa shape index (κ1) is 14.5. The molecule has 9 heteroatoms. The summed E-state index contributed by atoms with van der Waals surface area (Å²) in [4.78, 5) is 20.8. The van der Waals surface area contributed by atoms with Crippen molar-refractivity contribution >= 4 is 12.0 Å². The minimum absolute atomic E-state index is 0.0959. The zero-order valence-electron chi connectivity index (χ0n) is 8.13. The molecule has 0 radical (unpaired) electrons. The van der Waals surface area contributed by atoms with Gasteiger partial charge in [-0.2, -0.15) is 0 Å². The van der Waals surface area contributed by atoms with Gasteiger partial charge in [0.05, 0.1) is 13.0 Å². The van der Waals surface area contributed by atoms with Gasteiger partial charge in [0, 0.05) is 13.1 Å². The maximum absolute atomic E-state index is 11.5. The SMILES string of the molecule is O=C(O)CCNC(=O)NCCOC(F)(F)F. The van der Waals surface area contributed by atoms with Crippen molar-refractivity contribution in [3.8, 4) is 0 Å². The number of ether oxygens (including phenoxy) is 1. The number of hydrogen-bond donors (Lipinski definition) is 3. The fourth-order valence-electron chi connectivity index (χ4n) is 0.677. The Balaban J connectivity index is 3.41. The van der Waals surface area contributed by atoms with E-state index in [1.54, 1.807) is 0 Å². The molecular weight excluding hydrogens is 233 g/mol. The summed E-state index contributed by atoms with van der Waals surface area (Å²) in [5.74, 6) is -1.08. The van der Waals surface area contributed by atoms with Gasteiger partial charge < -0.3 is 15.7 Å². The molecule has 3 N–H and O–H groups in total. The van der Waals surface area contributed by atoms with E-state index in [4.69, 9.17) is 5.11 Å². The molecule has 0 rings (SSSR count). The molecule has 0 aromatic rings. The summed E-state index contributed by atoms with van der Waals surface area (Å²) in [7, 11) is 0. The quantitative estimate of drug-likeness (QED) is 0.586. The Bertz CT molecular complexity index is 244. The van der Waals surface area contributed by atoms with Crippen LogP contribution in [0.15, 0.2) is 0 Å². The van der Waals surface area contributed by atoms with Gasteiger partial charge in [0.2, 0.25) is 0 Å². The van der Waals surface area contributed by atoms with Gasteiger partial charge in [-0.15, -0.1) is 13.2 Å². The van der Waals surface area contributed by atoms with Crippen LogP contribution < -0.4 is 10.6 Å². The van der Waals surface area contributed by atoms with Gasteiger partial charge in [-0.25, -0.2) is 4.79 Å². The highest BCUT2D eigenvalue weighted by molar-refractivity contribution is 5.74. The van der Waals surface area contributed by atoms with Crippen molar-refractivity contribution in [2.45, 2.75) is 12.8 Å². The Morgan fingerprint density at radius 2 is 1.75 bits per heavy atom. The molecule has 0 bridgehead atoms. The van der Waals surface area contributed by atoms with Crippen LogP contribution in [0, 0.1) is 0 Å². The second kappa shape index (κ2) is 6.88. The third-order valence-electron chi connectivity index (χ3n) is 1.28. The van der Waals surface area contributed by atoms with Crippen molar-refractivity contribution in [1.29, 1.82) is 0 Å². The molecule has 2 amide bonds. The molecule has 0 heterocycles. The van der Waals surface area contributed by atoms with Crippen LogP contribution in [0.5, 0.6) is 0 Å². The van der Waals surface area contributed by atoms with Crippen molar-refractivity contribution in [3.63, 3.8) is 0 Å². The molecule has 0 saturated carbocycles. The largest absolute Gasteiger partial charge is 0.522 e. The Morgan fingerprint density at radius 1 is 1.19 bits per heavy atom. The van der Waals surface area contributed by atoms with Crippen molar-refractivity contribution in [2.24, 2.45) is 0 Å². The molecule has 94 valence electrons. The van der Waals surface area contributed by atoms with E-state index in [1.807, 2.05) is 0 Å². The summed E-state index contributed by atoms with van der Waals surface area (Å²) >= 11 is 0. The molecule has 0 spiro atoms. The Hall–Kier alpha value is -1.51. The summed E-state index contributed by atoms with van der Waals surface area (Å²) in [6, 6.07) is -0.743. The summed E-state index contributed by atoms with van der Waals surface area (Å²) < 4.78 is 37.8. The first-order valence-electron chi connectivity index (χ1n) is 4.25. The van der Waals surface area contributed by atoms with E-state index >= 15 is 0 Å². The lowest BCUT2D eigenvalue weighted by Gasteiger charge is -2.08. The molecule has 0 aliphatic rings. The maximum Gasteiger partial charge on any atom is 0.522 e. The number of carboxylic acids is 1. The second-order valence-corrected chi connectivity index (χ2v) is 2.62. The molecule has 0 unspecified atom stereocenters. The first-order chi connectivity index (χ1) is 7.31. The number of amides is 2. The third kappa shape index (κ3) is 10.6. The number of nitrogens with one attached hydrogen (secondary N) is 2. The number of rotatable bonds is 6. The maximum atomic E-state index is 11.5. The van der Waals surface area contributed by atoms with E-state index in [0.717, 1.165) is 0 Å². The number of carboxylic acid groups (broad SMARTS) is 1. The fourth-order valence-corrected chi connectivity index (χ4v) is 0.677. The lowest BCUT2D eigenvalue weighted by molar-refractivity contribution is -0.323. The number of aliphatic carboxylic acids is 1. The summed E-state index contributed by atoms with van der Waals surface area (Å²) in [5.41, 5.74) is 0. The molecule has 0 atom stereocenters. The molecule has 16 heavy (non-hydrogen) atoms. The minimum Gasteiger partial charge on any atom is -0.481 e. The molecule has 6 nitrogen and oxygen atoms in total. The predicted molar refractivity (Wildman–Crippen MR) is 45.7 cm³/mol. The highest BCUT2D eigenvalue weighted by atomic mass is 19.4. The Kier molecular flexibility index (Phi) is 6.23. The lowest BCUT2D eigenvalue weighted by Crippen LogP contribution is -2.38. The van der Waals surface area contributed by atoms with Crippen LogP contribution in [0.25, 0.3) is 0 Å². The van der Waals surface area contributed by atoms with E-state index in [2.05, 4.69) is 15.4 Å². The number of carbonyl (C=O) groups excluding carboxylic acids is 1. The van der Waals surface area contributed by atoms with Gasteiger partial charge >= 0.3 is 18.4 Å². The molecule has 0 aromatic heterocycles. The standard InChI is InChI=1S/C7H11F3N2O4/c8-7(9,10)16-4-3-12-6(15)11-2-1-5(13)14/h1-4H2,(H,13,14)(H2,11,12,15). The van der Waals surface area contributed by atoms with Crippen LogP contribution >= 0.6 is 0 Å². The third-order valence-corrected chi connectivity index (χ3v) is 1.28.